The van der Waals surface area contributed by atoms with Crippen LogP contribution in [0.15, 0.2) is 0 Å². The van der Waals surface area contributed by atoms with Crippen LogP contribution in [-0.2, 0) is 22.5 Å². The van der Waals surface area contributed by atoms with Crippen LogP contribution < -0.4 is 0 Å². The number of hydrogen-bond acceptors (Lipinski definition) is 3. The van der Waals surface area contributed by atoms with Gasteiger partial charge in [-0.05, 0) is 32.8 Å². The van der Waals surface area contributed by atoms with Crippen molar-refractivity contribution in [3.63, 3.8) is 0 Å². The second-order valence-electron chi connectivity index (χ2n) is 3.97. The van der Waals surface area contributed by atoms with E-state index in [-0.39, 0.29) is 6.54 Å². The maximum absolute atomic E-state index is 11.0. The minimum atomic E-state index is -0.947. The van der Waals surface area contributed by atoms with Gasteiger partial charge >= 0.3 is 5.97 Å². The van der Waals surface area contributed by atoms with Gasteiger partial charge in [0.05, 0.1) is 12.2 Å². The van der Waals surface area contributed by atoms with Crippen LogP contribution in [0.4, 0.5) is 0 Å². The van der Waals surface area contributed by atoms with Gasteiger partial charge in [-0.2, -0.15) is 5.10 Å². The number of ether oxygens (including phenoxy) is 1. The molecule has 0 saturated carbocycles. The Labute approximate surface area is 101 Å². The molecule has 96 valence electrons. The lowest BCUT2D eigenvalue weighted by atomic mass is 10.1. The summed E-state index contributed by atoms with van der Waals surface area (Å²) in [6.45, 7) is 8.41. The quantitative estimate of drug-likeness (QED) is 0.819. The summed E-state index contributed by atoms with van der Waals surface area (Å²) in [7, 11) is 0. The third-order valence-electron chi connectivity index (χ3n) is 2.87. The molecule has 1 rings (SSSR count). The highest BCUT2D eigenvalue weighted by Gasteiger charge is 2.20. The number of carbonyl (C=O) groups is 1. The summed E-state index contributed by atoms with van der Waals surface area (Å²) in [5, 5.41) is 13.4. The summed E-state index contributed by atoms with van der Waals surface area (Å²) in [6, 6.07) is 0. The Hall–Kier alpha value is -1.36. The molecule has 0 aliphatic rings. The number of hydrogen-bond donors (Lipinski definition) is 1. The molecule has 1 aromatic rings. The van der Waals surface area contributed by atoms with Crippen molar-refractivity contribution in [2.75, 3.05) is 6.61 Å². The first-order valence-corrected chi connectivity index (χ1v) is 5.88. The van der Waals surface area contributed by atoms with Crippen molar-refractivity contribution in [2.45, 2.75) is 46.8 Å². The Kier molecular flexibility index (Phi) is 4.69. The topological polar surface area (TPSA) is 64.4 Å². The summed E-state index contributed by atoms with van der Waals surface area (Å²) in [5.41, 5.74) is 3.17. The maximum atomic E-state index is 11.0. The predicted octanol–water partition coefficient (Wildman–Crippen LogP) is 1.55. The van der Waals surface area contributed by atoms with Crippen molar-refractivity contribution in [1.29, 1.82) is 0 Å². The largest absolute Gasteiger partial charge is 0.479 e. The van der Waals surface area contributed by atoms with Gasteiger partial charge in [0, 0.05) is 12.3 Å². The van der Waals surface area contributed by atoms with Gasteiger partial charge < -0.3 is 9.84 Å². The van der Waals surface area contributed by atoms with E-state index in [1.54, 1.807) is 11.6 Å². The molecule has 0 saturated heterocycles. The average molecular weight is 240 g/mol. The van der Waals surface area contributed by atoms with Gasteiger partial charge in [-0.15, -0.1) is 0 Å². The zero-order valence-electron chi connectivity index (χ0n) is 10.9. The molecule has 1 heterocycles. The van der Waals surface area contributed by atoms with Gasteiger partial charge in [0.2, 0.25) is 0 Å². The van der Waals surface area contributed by atoms with Gasteiger partial charge in [-0.1, -0.05) is 6.92 Å². The van der Waals surface area contributed by atoms with Gasteiger partial charge in [-0.3, -0.25) is 4.68 Å². The van der Waals surface area contributed by atoms with Crippen molar-refractivity contribution in [1.82, 2.24) is 9.78 Å². The molecule has 1 unspecified atom stereocenters. The number of aromatic nitrogens is 2. The molecule has 0 radical (unpaired) electrons. The highest BCUT2D eigenvalue weighted by molar-refractivity contribution is 5.72. The van der Waals surface area contributed by atoms with Gasteiger partial charge in [0.15, 0.2) is 6.10 Å². The van der Waals surface area contributed by atoms with Crippen molar-refractivity contribution >= 4 is 5.97 Å². The van der Waals surface area contributed by atoms with Gasteiger partial charge in [0.1, 0.15) is 0 Å². The first kappa shape index (κ1) is 13.7. The summed E-state index contributed by atoms with van der Waals surface area (Å²) in [6.07, 6.45) is 0.0760. The molecule has 0 aliphatic heterocycles. The zero-order valence-corrected chi connectivity index (χ0v) is 10.9. The van der Waals surface area contributed by atoms with Crippen LogP contribution in [0, 0.1) is 13.8 Å². The third kappa shape index (κ3) is 3.06. The van der Waals surface area contributed by atoms with Crippen LogP contribution in [0.1, 0.15) is 30.8 Å². The molecule has 0 bridgehead atoms. The van der Waals surface area contributed by atoms with E-state index in [0.717, 1.165) is 17.8 Å². The molecule has 0 aromatic carbocycles. The lowest BCUT2D eigenvalue weighted by Crippen LogP contribution is -2.30. The standard InChI is InChI=1S/C12H20N2O3/c1-5-10-8(3)13-14(9(10)4)7-11(12(15)16)17-6-2/h11H,5-7H2,1-4H3,(H,15,16). The normalized spacial score (nSPS) is 12.7. The van der Waals surface area contributed by atoms with Gasteiger partial charge in [-0.25, -0.2) is 4.79 Å². The number of carboxylic acids is 1. The molecule has 17 heavy (non-hydrogen) atoms. The van der Waals surface area contributed by atoms with Crippen molar-refractivity contribution < 1.29 is 14.6 Å². The van der Waals surface area contributed by atoms with E-state index < -0.39 is 12.1 Å². The van der Waals surface area contributed by atoms with E-state index in [1.807, 2.05) is 13.8 Å². The fourth-order valence-electron chi connectivity index (χ4n) is 1.98. The molecule has 5 heteroatoms. The van der Waals surface area contributed by atoms with Gasteiger partial charge in [0.25, 0.3) is 0 Å². The number of aliphatic carboxylic acids is 1. The number of rotatable bonds is 6. The third-order valence-corrected chi connectivity index (χ3v) is 2.87. The number of carboxylic acid groups (broad SMARTS) is 1. The molecule has 1 atom stereocenters. The molecular weight excluding hydrogens is 220 g/mol. The fraction of sp³-hybridized carbons (Fsp3) is 0.667. The van der Waals surface area contributed by atoms with Crippen molar-refractivity contribution in [3.8, 4) is 0 Å². The molecule has 0 fully saturated rings. The second kappa shape index (κ2) is 5.82. The van der Waals surface area contributed by atoms with E-state index in [9.17, 15) is 4.79 Å². The Morgan fingerprint density at radius 2 is 2.12 bits per heavy atom. The molecule has 0 amide bonds. The summed E-state index contributed by atoms with van der Waals surface area (Å²) >= 11 is 0. The van der Waals surface area contributed by atoms with E-state index in [4.69, 9.17) is 9.84 Å². The fourth-order valence-corrected chi connectivity index (χ4v) is 1.98. The Balaban J connectivity index is 2.90. The highest BCUT2D eigenvalue weighted by Crippen LogP contribution is 2.14. The smallest absolute Gasteiger partial charge is 0.334 e. The summed E-state index contributed by atoms with van der Waals surface area (Å²) in [4.78, 5) is 11.0. The minimum Gasteiger partial charge on any atom is -0.479 e. The maximum Gasteiger partial charge on any atom is 0.334 e. The first-order valence-electron chi connectivity index (χ1n) is 5.88. The molecule has 0 aliphatic carbocycles. The van der Waals surface area contributed by atoms with Crippen molar-refractivity contribution in [3.05, 3.63) is 17.0 Å². The Bertz CT molecular complexity index is 399. The van der Waals surface area contributed by atoms with Crippen LogP contribution in [0.2, 0.25) is 0 Å². The molecule has 0 spiro atoms. The van der Waals surface area contributed by atoms with Crippen molar-refractivity contribution in [2.24, 2.45) is 0 Å². The molecule has 1 aromatic heterocycles. The van der Waals surface area contributed by atoms with Crippen LogP contribution in [0.25, 0.3) is 0 Å². The Morgan fingerprint density at radius 3 is 2.53 bits per heavy atom. The Morgan fingerprint density at radius 1 is 1.47 bits per heavy atom. The second-order valence-corrected chi connectivity index (χ2v) is 3.97. The SMILES string of the molecule is CCOC(Cn1nc(C)c(CC)c1C)C(=O)O. The summed E-state index contributed by atoms with van der Waals surface area (Å²) < 4.78 is 6.91. The lowest BCUT2D eigenvalue weighted by Gasteiger charge is -2.13. The average Bonchev–Trinajstić information content (AvgIpc) is 2.53. The van der Waals surface area contributed by atoms with E-state index in [2.05, 4.69) is 12.0 Å². The van der Waals surface area contributed by atoms with Crippen LogP contribution >= 0.6 is 0 Å². The number of aryl methyl sites for hydroxylation is 1. The molecule has 1 N–H and O–H groups in total. The molecular formula is C12H20N2O3. The first-order chi connectivity index (χ1) is 8.01. The van der Waals surface area contributed by atoms with Crippen LogP contribution in [0.5, 0.6) is 0 Å². The predicted molar refractivity (Wildman–Crippen MR) is 64.1 cm³/mol. The lowest BCUT2D eigenvalue weighted by molar-refractivity contribution is -0.151. The van der Waals surface area contributed by atoms with E-state index in [1.165, 1.54) is 5.56 Å². The highest BCUT2D eigenvalue weighted by atomic mass is 16.5. The monoisotopic (exact) mass is 240 g/mol. The van der Waals surface area contributed by atoms with Crippen LogP contribution in [0.3, 0.4) is 0 Å². The van der Waals surface area contributed by atoms with E-state index in [0.29, 0.717) is 6.61 Å². The zero-order chi connectivity index (χ0) is 13.0. The molecule has 5 nitrogen and oxygen atoms in total. The van der Waals surface area contributed by atoms with E-state index >= 15 is 0 Å². The number of nitrogens with zero attached hydrogens (tertiary/aromatic N) is 2. The summed E-state index contributed by atoms with van der Waals surface area (Å²) in [5.74, 6) is -0.947. The van der Waals surface area contributed by atoms with Crippen LogP contribution in [-0.4, -0.2) is 33.6 Å². The minimum absolute atomic E-state index is 0.260.